The molecule has 0 N–H and O–H groups in total. The highest BCUT2D eigenvalue weighted by atomic mass is 15.1. The van der Waals surface area contributed by atoms with Gasteiger partial charge in [0.25, 0.3) is 0 Å². The molecule has 60 heavy (non-hydrogen) atoms. The Morgan fingerprint density at radius 2 is 0.817 bits per heavy atom. The smallest absolute Gasteiger partial charge is 0.0714 e. The van der Waals surface area contributed by atoms with E-state index in [4.69, 9.17) is 0 Å². The van der Waals surface area contributed by atoms with Crippen molar-refractivity contribution in [2.45, 2.75) is 17.8 Å². The van der Waals surface area contributed by atoms with Crippen molar-refractivity contribution >= 4 is 38.6 Å². The van der Waals surface area contributed by atoms with Crippen LogP contribution in [0.25, 0.3) is 43.8 Å². The first-order chi connectivity index (χ1) is 29.7. The first kappa shape index (κ1) is 34.6. The number of rotatable bonds is 6. The zero-order valence-electron chi connectivity index (χ0n) is 33.4. The van der Waals surface area contributed by atoms with Crippen LogP contribution in [0.2, 0.25) is 0 Å². The molecule has 0 radical (unpaired) electrons. The van der Waals surface area contributed by atoms with Crippen LogP contribution in [0.3, 0.4) is 0 Å². The number of hydrogen-bond acceptors (Lipinski definition) is 1. The van der Waals surface area contributed by atoms with E-state index in [0.717, 1.165) is 17.1 Å². The maximum atomic E-state index is 2.54. The van der Waals surface area contributed by atoms with Gasteiger partial charge in [0.15, 0.2) is 0 Å². The van der Waals surface area contributed by atoms with Gasteiger partial charge in [-0.15, -0.1) is 0 Å². The van der Waals surface area contributed by atoms with Crippen LogP contribution in [0.4, 0.5) is 17.1 Å². The number of anilines is 3. The highest BCUT2D eigenvalue weighted by molar-refractivity contribution is 6.15. The lowest BCUT2D eigenvalue weighted by molar-refractivity contribution is 0.714. The van der Waals surface area contributed by atoms with Crippen molar-refractivity contribution < 1.29 is 0 Å². The monoisotopic (exact) mass is 763 g/mol. The number of fused-ring (bicyclic) bond motifs is 9. The maximum Gasteiger partial charge on any atom is 0.0714 e. The van der Waals surface area contributed by atoms with E-state index in [0.29, 0.717) is 0 Å². The van der Waals surface area contributed by atoms with Crippen LogP contribution in [0, 0.1) is 0 Å². The zero-order valence-corrected chi connectivity index (χ0v) is 33.4. The molecule has 2 aliphatic carbocycles. The molecule has 1 unspecified atom stereocenters. The van der Waals surface area contributed by atoms with Crippen molar-refractivity contribution in [1.29, 1.82) is 0 Å². The third kappa shape index (κ3) is 4.81. The summed E-state index contributed by atoms with van der Waals surface area (Å²) in [6, 6.07) is 85.8. The Balaban J connectivity index is 1.17. The van der Waals surface area contributed by atoms with Gasteiger partial charge in [-0.05, 0) is 115 Å². The first-order valence-electron chi connectivity index (χ1n) is 21.0. The quantitative estimate of drug-likeness (QED) is 0.152. The third-order valence-corrected chi connectivity index (χ3v) is 13.6. The summed E-state index contributed by atoms with van der Waals surface area (Å²) >= 11 is 0. The van der Waals surface area contributed by atoms with Gasteiger partial charge in [-0.25, -0.2) is 0 Å². The average molecular weight is 764 g/mol. The van der Waals surface area contributed by atoms with E-state index in [1.165, 1.54) is 82.7 Å². The van der Waals surface area contributed by atoms with Gasteiger partial charge < -0.3 is 4.90 Å². The Labute approximate surface area is 351 Å². The van der Waals surface area contributed by atoms with Crippen molar-refractivity contribution in [3.05, 3.63) is 269 Å². The van der Waals surface area contributed by atoms with E-state index in [9.17, 15) is 0 Å². The normalized spacial score (nSPS) is 15.6. The van der Waals surface area contributed by atoms with Crippen molar-refractivity contribution in [2.75, 3.05) is 4.90 Å². The summed E-state index contributed by atoms with van der Waals surface area (Å²) in [4.78, 5) is 2.54. The predicted molar refractivity (Wildman–Crippen MR) is 251 cm³/mol. The molecule has 0 fully saturated rings. The van der Waals surface area contributed by atoms with Gasteiger partial charge in [0.05, 0.1) is 11.1 Å². The molecule has 2 aliphatic rings. The van der Waals surface area contributed by atoms with E-state index in [1.54, 1.807) is 0 Å². The SMILES string of the molecule is CC1(c2ccccc2)c2ccccc2-c2ccc(N(c3ccc4c(c3)C(c3ccccc3)(c3ccccc3)c3ccccc3-4)c3cccc4ccc5ccccc5c34)cc21. The minimum atomic E-state index is -0.521. The second-order valence-corrected chi connectivity index (χ2v) is 16.5. The average Bonchev–Trinajstić information content (AvgIpc) is 3.76. The fraction of sp³-hybridized carbons (Fsp3) is 0.0508. The van der Waals surface area contributed by atoms with Gasteiger partial charge in [0.1, 0.15) is 0 Å². The summed E-state index contributed by atoms with van der Waals surface area (Å²) < 4.78 is 0. The van der Waals surface area contributed by atoms with Crippen LogP contribution in [0.1, 0.15) is 45.9 Å². The molecule has 0 saturated carbocycles. The van der Waals surface area contributed by atoms with Crippen molar-refractivity contribution in [2.24, 2.45) is 0 Å². The molecule has 1 nitrogen and oxygen atoms in total. The minimum absolute atomic E-state index is 0.338. The summed E-state index contributed by atoms with van der Waals surface area (Å²) in [7, 11) is 0. The molecule has 12 rings (SSSR count). The van der Waals surface area contributed by atoms with Gasteiger partial charge >= 0.3 is 0 Å². The molecule has 0 heterocycles. The lowest BCUT2D eigenvalue weighted by atomic mass is 9.67. The zero-order chi connectivity index (χ0) is 39.8. The van der Waals surface area contributed by atoms with Crippen LogP contribution in [0.5, 0.6) is 0 Å². The summed E-state index contributed by atoms with van der Waals surface area (Å²) in [5.41, 5.74) is 16.8. The molecule has 1 atom stereocenters. The Bertz CT molecular complexity index is 3240. The highest BCUT2D eigenvalue weighted by Gasteiger charge is 2.46. The minimum Gasteiger partial charge on any atom is -0.310 e. The Hall–Kier alpha value is -7.48. The second-order valence-electron chi connectivity index (χ2n) is 16.5. The largest absolute Gasteiger partial charge is 0.310 e. The molecule has 0 bridgehead atoms. The molecular formula is C59H41N. The second kappa shape index (κ2) is 13.3. The lowest BCUT2D eigenvalue weighted by Gasteiger charge is -2.35. The number of hydrogen-bond donors (Lipinski definition) is 0. The van der Waals surface area contributed by atoms with Crippen molar-refractivity contribution in [3.8, 4) is 22.3 Å². The van der Waals surface area contributed by atoms with Crippen molar-refractivity contribution in [3.63, 3.8) is 0 Å². The summed E-state index contributed by atoms with van der Waals surface area (Å²) in [6.07, 6.45) is 0. The summed E-state index contributed by atoms with van der Waals surface area (Å²) in [5.74, 6) is 0. The van der Waals surface area contributed by atoms with E-state index < -0.39 is 5.41 Å². The standard InChI is InChI=1S/C59H41N/c1-58(42-20-5-2-6-21-42)52-29-15-13-27-48(52)50-36-34-45(38-54(50)58)60(56-31-17-19-41-33-32-40-18-11-12-26-47(40)57(41)56)46-35-37-51-49-28-14-16-30-53(49)59(55(51)39-46,43-22-7-3-8-23-43)44-24-9-4-10-25-44/h2-39H,1H3. The van der Waals surface area contributed by atoms with Crippen molar-refractivity contribution in [1.82, 2.24) is 0 Å². The van der Waals surface area contributed by atoms with Gasteiger partial charge in [-0.2, -0.15) is 0 Å². The van der Waals surface area contributed by atoms with Gasteiger partial charge in [-0.3, -0.25) is 0 Å². The molecule has 0 aliphatic heterocycles. The van der Waals surface area contributed by atoms with E-state index in [1.807, 2.05) is 0 Å². The molecule has 1 heteroatoms. The number of benzene rings is 10. The van der Waals surface area contributed by atoms with Gasteiger partial charge in [0.2, 0.25) is 0 Å². The molecule has 0 aromatic heterocycles. The van der Waals surface area contributed by atoms with Crippen LogP contribution < -0.4 is 4.90 Å². The molecule has 10 aromatic rings. The molecule has 0 spiro atoms. The predicted octanol–water partition coefficient (Wildman–Crippen LogP) is 15.2. The Morgan fingerprint density at radius 1 is 0.333 bits per heavy atom. The van der Waals surface area contributed by atoms with Crippen LogP contribution in [0.15, 0.2) is 231 Å². The molecular weight excluding hydrogens is 723 g/mol. The topological polar surface area (TPSA) is 3.24 Å². The Morgan fingerprint density at radius 3 is 1.50 bits per heavy atom. The highest BCUT2D eigenvalue weighted by Crippen LogP contribution is 2.58. The number of nitrogens with zero attached hydrogens (tertiary/aromatic N) is 1. The Kier molecular flexibility index (Phi) is 7.65. The first-order valence-corrected chi connectivity index (χ1v) is 21.0. The molecule has 10 aromatic carbocycles. The third-order valence-electron chi connectivity index (χ3n) is 13.6. The molecule has 0 saturated heterocycles. The van der Waals surface area contributed by atoms with Crippen LogP contribution >= 0.6 is 0 Å². The van der Waals surface area contributed by atoms with Crippen LogP contribution in [-0.2, 0) is 10.8 Å². The lowest BCUT2D eigenvalue weighted by Crippen LogP contribution is -2.28. The van der Waals surface area contributed by atoms with E-state index in [-0.39, 0.29) is 5.41 Å². The summed E-state index contributed by atoms with van der Waals surface area (Å²) in [5, 5.41) is 4.94. The van der Waals surface area contributed by atoms with Gasteiger partial charge in [0, 0.05) is 22.2 Å². The molecule has 282 valence electrons. The molecule has 0 amide bonds. The summed E-state index contributed by atoms with van der Waals surface area (Å²) in [6.45, 7) is 2.41. The fourth-order valence-corrected chi connectivity index (χ4v) is 10.9. The maximum absolute atomic E-state index is 2.54. The van der Waals surface area contributed by atoms with Crippen LogP contribution in [-0.4, -0.2) is 0 Å². The van der Waals surface area contributed by atoms with Gasteiger partial charge in [-0.1, -0.05) is 200 Å². The fourth-order valence-electron chi connectivity index (χ4n) is 10.9. The van der Waals surface area contributed by atoms with E-state index in [2.05, 4.69) is 242 Å². The van der Waals surface area contributed by atoms with E-state index >= 15 is 0 Å².